The van der Waals surface area contributed by atoms with E-state index in [0.717, 1.165) is 19.0 Å². The SMILES string of the molecule is CN1C[C@H]2C[N-]C[C@@]2(C)C1.[V]. The van der Waals surface area contributed by atoms with Crippen molar-refractivity contribution in [1.82, 2.24) is 4.90 Å². The van der Waals surface area contributed by atoms with Gasteiger partial charge in [0.05, 0.1) is 0 Å². The van der Waals surface area contributed by atoms with E-state index in [2.05, 4.69) is 24.2 Å². The molecule has 2 nitrogen and oxygen atoms in total. The van der Waals surface area contributed by atoms with Gasteiger partial charge in [-0.05, 0) is 24.9 Å². The summed E-state index contributed by atoms with van der Waals surface area (Å²) < 4.78 is 0. The molecule has 63 valence electrons. The molecule has 11 heavy (non-hydrogen) atoms. The Balaban J connectivity index is 0.000000605. The molecule has 2 saturated heterocycles. The molecule has 2 aliphatic heterocycles. The number of hydrogen-bond acceptors (Lipinski definition) is 1. The number of rotatable bonds is 0. The first kappa shape index (κ1) is 9.59. The van der Waals surface area contributed by atoms with Crippen molar-refractivity contribution >= 4 is 0 Å². The number of likely N-dealkylation sites (tertiary alicyclic amines) is 1. The fraction of sp³-hybridized carbons (Fsp3) is 1.00. The summed E-state index contributed by atoms with van der Waals surface area (Å²) in [6.07, 6.45) is 0. The van der Waals surface area contributed by atoms with Gasteiger partial charge in [-0.15, -0.1) is 13.1 Å². The molecule has 2 atom stereocenters. The van der Waals surface area contributed by atoms with Crippen molar-refractivity contribution in [2.75, 3.05) is 33.2 Å². The van der Waals surface area contributed by atoms with Gasteiger partial charge >= 0.3 is 0 Å². The molecule has 0 bridgehead atoms. The molecular formula is C8H15N2V-. The van der Waals surface area contributed by atoms with E-state index in [9.17, 15) is 0 Å². The van der Waals surface area contributed by atoms with Crippen LogP contribution in [0.2, 0.25) is 0 Å². The van der Waals surface area contributed by atoms with Gasteiger partial charge in [0.2, 0.25) is 0 Å². The average molecular weight is 190 g/mol. The van der Waals surface area contributed by atoms with Crippen LogP contribution in [0.3, 0.4) is 0 Å². The Labute approximate surface area is 80.6 Å². The van der Waals surface area contributed by atoms with Crippen molar-refractivity contribution in [2.24, 2.45) is 11.3 Å². The third-order valence-electron chi connectivity index (χ3n) is 2.97. The topological polar surface area (TPSA) is 17.3 Å². The van der Waals surface area contributed by atoms with Crippen molar-refractivity contribution < 1.29 is 18.6 Å². The average Bonchev–Trinajstić information content (AvgIpc) is 2.20. The Morgan fingerprint density at radius 1 is 1.55 bits per heavy atom. The second-order valence-electron chi connectivity index (χ2n) is 4.11. The van der Waals surface area contributed by atoms with Crippen LogP contribution in [0, 0.1) is 11.3 Å². The van der Waals surface area contributed by atoms with Gasteiger partial charge in [0.1, 0.15) is 0 Å². The minimum absolute atomic E-state index is 0. The third kappa shape index (κ3) is 1.50. The van der Waals surface area contributed by atoms with E-state index in [1.165, 1.54) is 13.1 Å². The molecule has 2 aliphatic rings. The Bertz CT molecular complexity index is 151. The van der Waals surface area contributed by atoms with Crippen molar-refractivity contribution in [2.45, 2.75) is 6.92 Å². The van der Waals surface area contributed by atoms with Crippen molar-refractivity contribution in [3.8, 4) is 0 Å². The van der Waals surface area contributed by atoms with Gasteiger partial charge in [-0.1, -0.05) is 6.92 Å². The third-order valence-corrected chi connectivity index (χ3v) is 2.97. The van der Waals surface area contributed by atoms with Gasteiger partial charge in [0.25, 0.3) is 0 Å². The van der Waals surface area contributed by atoms with Crippen LogP contribution in [-0.4, -0.2) is 38.1 Å². The second-order valence-corrected chi connectivity index (χ2v) is 4.11. The monoisotopic (exact) mass is 190 g/mol. The van der Waals surface area contributed by atoms with Crippen LogP contribution in [-0.2, 0) is 18.6 Å². The number of nitrogens with zero attached hydrogens (tertiary/aromatic N) is 2. The van der Waals surface area contributed by atoms with Gasteiger partial charge in [-0.2, -0.15) is 0 Å². The Hall–Kier alpha value is 0.504. The molecule has 0 amide bonds. The number of fused-ring (bicyclic) bond motifs is 1. The summed E-state index contributed by atoms with van der Waals surface area (Å²) in [6, 6.07) is 0. The van der Waals surface area contributed by atoms with Crippen molar-refractivity contribution in [3.05, 3.63) is 5.32 Å². The molecule has 3 heteroatoms. The summed E-state index contributed by atoms with van der Waals surface area (Å²) in [5.74, 6) is 0.859. The maximum atomic E-state index is 4.45. The second kappa shape index (κ2) is 3.10. The van der Waals surface area contributed by atoms with E-state index >= 15 is 0 Å². The molecule has 1 radical (unpaired) electrons. The van der Waals surface area contributed by atoms with E-state index in [-0.39, 0.29) is 18.6 Å². The van der Waals surface area contributed by atoms with E-state index in [1.807, 2.05) is 0 Å². The van der Waals surface area contributed by atoms with E-state index in [1.54, 1.807) is 0 Å². The molecule has 0 aromatic heterocycles. The maximum absolute atomic E-state index is 4.45. The predicted octanol–water partition coefficient (Wildman–Crippen LogP) is 0.939. The first-order chi connectivity index (χ1) is 4.71. The summed E-state index contributed by atoms with van der Waals surface area (Å²) in [5.41, 5.74) is 0.536. The minimum Gasteiger partial charge on any atom is -0.662 e. The molecule has 0 N–H and O–H groups in total. The summed E-state index contributed by atoms with van der Waals surface area (Å²) in [6.45, 7) is 7.10. The molecular weight excluding hydrogens is 175 g/mol. The zero-order chi connectivity index (χ0) is 7.19. The summed E-state index contributed by atoms with van der Waals surface area (Å²) >= 11 is 0. The molecule has 2 heterocycles. The molecule has 2 fully saturated rings. The Morgan fingerprint density at radius 3 is 2.91 bits per heavy atom. The smallest absolute Gasteiger partial charge is 0.00184 e. The zero-order valence-electron chi connectivity index (χ0n) is 7.25. The van der Waals surface area contributed by atoms with Gasteiger partial charge in [0.15, 0.2) is 0 Å². The maximum Gasteiger partial charge on any atom is 0.00184 e. The van der Waals surface area contributed by atoms with E-state index in [0.29, 0.717) is 5.41 Å². The van der Waals surface area contributed by atoms with E-state index in [4.69, 9.17) is 0 Å². The quantitative estimate of drug-likeness (QED) is 0.555. The van der Waals surface area contributed by atoms with Gasteiger partial charge < -0.3 is 10.2 Å². The van der Waals surface area contributed by atoms with Crippen LogP contribution in [0.4, 0.5) is 0 Å². The Morgan fingerprint density at radius 2 is 2.27 bits per heavy atom. The van der Waals surface area contributed by atoms with Crippen LogP contribution < -0.4 is 0 Å². The molecule has 0 aliphatic carbocycles. The summed E-state index contributed by atoms with van der Waals surface area (Å²) in [4.78, 5) is 2.43. The zero-order valence-corrected chi connectivity index (χ0v) is 8.64. The largest absolute Gasteiger partial charge is 0.662 e. The summed E-state index contributed by atoms with van der Waals surface area (Å²) in [5, 5.41) is 4.45. The van der Waals surface area contributed by atoms with Crippen LogP contribution in [0.1, 0.15) is 6.92 Å². The van der Waals surface area contributed by atoms with Gasteiger partial charge in [-0.25, -0.2) is 0 Å². The molecule has 0 aromatic rings. The first-order valence-electron chi connectivity index (χ1n) is 4.02. The fourth-order valence-electron chi connectivity index (χ4n) is 2.34. The molecule has 0 aromatic carbocycles. The van der Waals surface area contributed by atoms with Crippen LogP contribution in [0.5, 0.6) is 0 Å². The first-order valence-corrected chi connectivity index (χ1v) is 4.02. The Kier molecular flexibility index (Phi) is 2.70. The normalized spacial score (nSPS) is 43.6. The molecule has 0 spiro atoms. The standard InChI is InChI=1S/C8H15N2.V/c1-8-5-9-3-7(8)4-10(2)6-8;/h7H,3-6H2,1-2H3;/q-1;/t7-,8+;/m1./s1. The van der Waals surface area contributed by atoms with Crippen LogP contribution in [0.25, 0.3) is 5.32 Å². The van der Waals surface area contributed by atoms with Crippen LogP contribution in [0.15, 0.2) is 0 Å². The summed E-state index contributed by atoms with van der Waals surface area (Å²) in [7, 11) is 2.21. The van der Waals surface area contributed by atoms with Crippen molar-refractivity contribution in [3.63, 3.8) is 0 Å². The molecule has 0 saturated carbocycles. The van der Waals surface area contributed by atoms with E-state index < -0.39 is 0 Å². The number of hydrogen-bond donors (Lipinski definition) is 0. The van der Waals surface area contributed by atoms with Crippen molar-refractivity contribution in [1.29, 1.82) is 0 Å². The van der Waals surface area contributed by atoms with Gasteiger partial charge in [0, 0.05) is 25.1 Å². The van der Waals surface area contributed by atoms with Gasteiger partial charge in [-0.3, -0.25) is 0 Å². The molecule has 2 rings (SSSR count). The molecule has 0 unspecified atom stereocenters. The predicted molar refractivity (Wildman–Crippen MR) is 42.2 cm³/mol. The minimum atomic E-state index is 0. The fourth-order valence-corrected chi connectivity index (χ4v) is 2.34. The van der Waals surface area contributed by atoms with Crippen LogP contribution >= 0.6 is 0 Å².